The van der Waals surface area contributed by atoms with Crippen LogP contribution in [0, 0.1) is 0 Å². The zero-order valence-electron chi connectivity index (χ0n) is 20.4. The second kappa shape index (κ2) is 11.1. The SMILES string of the molecule is O=C(Cc1cccnc1)N1CCC(COCc2cc(C(F)(F)F)cc(C(F)(F)F)c2)(c2ccccc2)CC1. The van der Waals surface area contributed by atoms with E-state index in [0.717, 1.165) is 11.1 Å². The average Bonchev–Trinajstić information content (AvgIpc) is 2.89. The van der Waals surface area contributed by atoms with E-state index < -0.39 is 35.5 Å². The van der Waals surface area contributed by atoms with E-state index in [1.54, 1.807) is 23.4 Å². The Morgan fingerprint density at radius 2 is 1.50 bits per heavy atom. The molecule has 0 unspecified atom stereocenters. The van der Waals surface area contributed by atoms with Crippen LogP contribution in [0.2, 0.25) is 0 Å². The van der Waals surface area contributed by atoms with Gasteiger partial charge in [0.1, 0.15) is 0 Å². The van der Waals surface area contributed by atoms with Gasteiger partial charge in [-0.3, -0.25) is 9.78 Å². The number of aromatic nitrogens is 1. The fourth-order valence-electron chi connectivity index (χ4n) is 4.75. The number of piperidine rings is 1. The van der Waals surface area contributed by atoms with Crippen LogP contribution in [0.25, 0.3) is 0 Å². The number of alkyl halides is 6. The highest BCUT2D eigenvalue weighted by atomic mass is 19.4. The molecule has 0 atom stereocenters. The van der Waals surface area contributed by atoms with Crippen molar-refractivity contribution in [1.82, 2.24) is 9.88 Å². The Morgan fingerprint density at radius 3 is 2.05 bits per heavy atom. The zero-order chi connectivity index (χ0) is 27.4. The van der Waals surface area contributed by atoms with Crippen molar-refractivity contribution < 1.29 is 35.9 Å². The summed E-state index contributed by atoms with van der Waals surface area (Å²) in [6, 6.07) is 14.5. The summed E-state index contributed by atoms with van der Waals surface area (Å²) in [6.07, 6.45) is -5.28. The summed E-state index contributed by atoms with van der Waals surface area (Å²) in [5, 5.41) is 0. The number of carbonyl (C=O) groups excluding carboxylic acids is 1. The third kappa shape index (κ3) is 6.72. The number of likely N-dealkylation sites (tertiary alicyclic amines) is 1. The molecule has 2 aromatic carbocycles. The Bertz CT molecular complexity index is 1190. The van der Waals surface area contributed by atoms with E-state index >= 15 is 0 Å². The van der Waals surface area contributed by atoms with Crippen molar-refractivity contribution in [3.8, 4) is 0 Å². The molecule has 0 N–H and O–H groups in total. The minimum Gasteiger partial charge on any atom is -0.376 e. The third-order valence-electron chi connectivity index (χ3n) is 6.83. The zero-order valence-corrected chi connectivity index (χ0v) is 20.4. The number of hydrogen-bond donors (Lipinski definition) is 0. The predicted octanol–water partition coefficient (Wildman–Crippen LogP) is 6.44. The Kier molecular flexibility index (Phi) is 8.10. The number of amides is 1. The first-order valence-electron chi connectivity index (χ1n) is 12.0. The molecular weight excluding hydrogens is 510 g/mol. The van der Waals surface area contributed by atoms with Crippen molar-refractivity contribution in [2.24, 2.45) is 0 Å². The second-order valence-electron chi connectivity index (χ2n) is 9.47. The number of carbonyl (C=O) groups is 1. The molecule has 0 bridgehead atoms. The van der Waals surface area contributed by atoms with E-state index in [9.17, 15) is 31.1 Å². The van der Waals surface area contributed by atoms with Crippen LogP contribution in [-0.4, -0.2) is 35.5 Å². The van der Waals surface area contributed by atoms with Crippen LogP contribution in [0.4, 0.5) is 26.3 Å². The maximum absolute atomic E-state index is 13.2. The molecular formula is C28H26F6N2O2. The molecule has 1 fully saturated rings. The quantitative estimate of drug-likeness (QED) is 0.327. The van der Waals surface area contributed by atoms with Gasteiger partial charge >= 0.3 is 12.4 Å². The Balaban J connectivity index is 1.47. The minimum atomic E-state index is -4.92. The lowest BCUT2D eigenvalue weighted by Gasteiger charge is -2.42. The molecule has 10 heteroatoms. The number of benzene rings is 2. The first kappa shape index (κ1) is 27.6. The molecule has 1 aliphatic heterocycles. The van der Waals surface area contributed by atoms with Gasteiger partial charge in [-0.25, -0.2) is 0 Å². The van der Waals surface area contributed by atoms with Gasteiger partial charge in [0.2, 0.25) is 5.91 Å². The molecule has 38 heavy (non-hydrogen) atoms. The number of ether oxygens (including phenoxy) is 1. The topological polar surface area (TPSA) is 42.4 Å². The maximum Gasteiger partial charge on any atom is 0.416 e. The van der Waals surface area contributed by atoms with Gasteiger partial charge in [0.05, 0.1) is 30.8 Å². The largest absolute Gasteiger partial charge is 0.416 e. The lowest BCUT2D eigenvalue weighted by molar-refractivity contribution is -0.143. The average molecular weight is 537 g/mol. The van der Waals surface area contributed by atoms with Crippen molar-refractivity contribution in [3.05, 3.63) is 101 Å². The van der Waals surface area contributed by atoms with E-state index in [-0.39, 0.29) is 30.6 Å². The van der Waals surface area contributed by atoms with Gasteiger partial charge in [-0.2, -0.15) is 26.3 Å². The number of rotatable bonds is 7. The van der Waals surface area contributed by atoms with Gasteiger partial charge < -0.3 is 9.64 Å². The van der Waals surface area contributed by atoms with Crippen LogP contribution in [0.1, 0.15) is 40.7 Å². The van der Waals surface area contributed by atoms with E-state index in [1.165, 1.54) is 0 Å². The Morgan fingerprint density at radius 1 is 0.868 bits per heavy atom. The van der Waals surface area contributed by atoms with Crippen molar-refractivity contribution in [2.75, 3.05) is 19.7 Å². The van der Waals surface area contributed by atoms with E-state index in [2.05, 4.69) is 4.98 Å². The summed E-state index contributed by atoms with van der Waals surface area (Å²) in [5.74, 6) is -0.0378. The minimum absolute atomic E-state index is 0.0378. The fraction of sp³-hybridized carbons (Fsp3) is 0.357. The molecule has 4 nitrogen and oxygen atoms in total. The van der Waals surface area contributed by atoms with E-state index in [4.69, 9.17) is 4.74 Å². The molecule has 2 heterocycles. The first-order valence-corrected chi connectivity index (χ1v) is 12.0. The number of nitrogens with zero attached hydrogens (tertiary/aromatic N) is 2. The van der Waals surface area contributed by atoms with Gasteiger partial charge in [-0.15, -0.1) is 0 Å². The van der Waals surface area contributed by atoms with Gasteiger partial charge in [-0.1, -0.05) is 36.4 Å². The van der Waals surface area contributed by atoms with Gasteiger partial charge in [0.15, 0.2) is 0 Å². The molecule has 0 radical (unpaired) electrons. The molecule has 4 rings (SSSR count). The number of pyridine rings is 1. The predicted molar refractivity (Wildman–Crippen MR) is 128 cm³/mol. The molecule has 3 aromatic rings. The lowest BCUT2D eigenvalue weighted by Crippen LogP contribution is -2.47. The van der Waals surface area contributed by atoms with Crippen molar-refractivity contribution in [2.45, 2.75) is 43.6 Å². The van der Waals surface area contributed by atoms with E-state index in [1.807, 2.05) is 36.4 Å². The van der Waals surface area contributed by atoms with Gasteiger partial charge in [0.25, 0.3) is 0 Å². The summed E-state index contributed by atoms with van der Waals surface area (Å²) in [6.45, 7) is 0.558. The van der Waals surface area contributed by atoms with Crippen LogP contribution in [-0.2, 0) is 40.3 Å². The summed E-state index contributed by atoms with van der Waals surface area (Å²) in [4.78, 5) is 18.6. The Hall–Kier alpha value is -3.40. The third-order valence-corrected chi connectivity index (χ3v) is 6.83. The fourth-order valence-corrected chi connectivity index (χ4v) is 4.75. The first-order chi connectivity index (χ1) is 18.0. The van der Waals surface area contributed by atoms with Crippen molar-refractivity contribution in [1.29, 1.82) is 0 Å². The lowest BCUT2D eigenvalue weighted by atomic mass is 9.73. The molecule has 1 saturated heterocycles. The number of hydrogen-bond acceptors (Lipinski definition) is 3. The van der Waals surface area contributed by atoms with Crippen LogP contribution < -0.4 is 0 Å². The van der Waals surface area contributed by atoms with E-state index in [0.29, 0.717) is 38.1 Å². The monoisotopic (exact) mass is 536 g/mol. The summed E-state index contributed by atoms with van der Waals surface area (Å²) in [7, 11) is 0. The molecule has 0 spiro atoms. The highest BCUT2D eigenvalue weighted by Gasteiger charge is 2.39. The number of halogens is 6. The Labute approximate surface area is 216 Å². The highest BCUT2D eigenvalue weighted by molar-refractivity contribution is 5.78. The smallest absolute Gasteiger partial charge is 0.376 e. The molecule has 0 saturated carbocycles. The van der Waals surface area contributed by atoms with Crippen molar-refractivity contribution in [3.63, 3.8) is 0 Å². The summed E-state index contributed by atoms with van der Waals surface area (Å²) in [5.41, 5.74) is -1.74. The van der Waals surface area contributed by atoms with Crippen LogP contribution in [0.3, 0.4) is 0 Å². The van der Waals surface area contributed by atoms with Gasteiger partial charge in [-0.05, 0) is 53.8 Å². The van der Waals surface area contributed by atoms with Crippen LogP contribution >= 0.6 is 0 Å². The highest BCUT2D eigenvalue weighted by Crippen LogP contribution is 2.38. The summed E-state index contributed by atoms with van der Waals surface area (Å²) < 4.78 is 85.2. The molecule has 1 amide bonds. The second-order valence-corrected chi connectivity index (χ2v) is 9.47. The standard InChI is InChI=1S/C28H26F6N2O2/c29-27(30,31)23-13-21(14-24(16-23)28(32,33)34)18-38-19-26(22-6-2-1-3-7-22)8-11-36(12-9-26)25(37)15-20-5-4-10-35-17-20/h1-7,10,13-14,16-17H,8-9,11-12,15,18-19H2. The summed E-state index contributed by atoms with van der Waals surface area (Å²) >= 11 is 0. The molecule has 1 aromatic heterocycles. The van der Waals surface area contributed by atoms with Crippen LogP contribution in [0.15, 0.2) is 73.1 Å². The normalized spacial score (nSPS) is 15.9. The molecule has 202 valence electrons. The molecule has 1 aliphatic rings. The maximum atomic E-state index is 13.2. The van der Waals surface area contributed by atoms with Crippen LogP contribution in [0.5, 0.6) is 0 Å². The molecule has 0 aliphatic carbocycles. The van der Waals surface area contributed by atoms with Crippen molar-refractivity contribution >= 4 is 5.91 Å². The van der Waals surface area contributed by atoms with Gasteiger partial charge in [0, 0.05) is 30.9 Å².